The monoisotopic (exact) mass is 259 g/mol. The molecule has 98 valence electrons. The lowest BCUT2D eigenvalue weighted by molar-refractivity contribution is 0.338. The second-order valence-corrected chi connectivity index (χ2v) is 4.65. The topological polar surface area (TPSA) is 3.24 Å². The first-order valence-corrected chi connectivity index (χ1v) is 6.17. The molecular weight excluding hydrogens is 244 g/mol. The van der Waals surface area contributed by atoms with Crippen molar-refractivity contribution < 1.29 is 8.78 Å². The highest BCUT2D eigenvalue weighted by Crippen LogP contribution is 2.11. The third kappa shape index (κ3) is 3.45. The van der Waals surface area contributed by atoms with Gasteiger partial charge in [0.15, 0.2) is 0 Å². The van der Waals surface area contributed by atoms with Crippen LogP contribution in [-0.4, -0.2) is 17.5 Å². The summed E-state index contributed by atoms with van der Waals surface area (Å²) < 4.78 is 26.4. The summed E-state index contributed by atoms with van der Waals surface area (Å²) in [6.45, 7) is 5.02. The van der Waals surface area contributed by atoms with E-state index in [2.05, 4.69) is 30.6 Å². The average Bonchev–Trinajstić information content (AvgIpc) is 2.40. The summed E-state index contributed by atoms with van der Waals surface area (Å²) in [7, 11) is 0. The number of benzene rings is 1. The van der Waals surface area contributed by atoms with Gasteiger partial charge in [-0.3, -0.25) is 0 Å². The van der Waals surface area contributed by atoms with E-state index in [0.29, 0.717) is 6.04 Å². The first-order valence-electron chi connectivity index (χ1n) is 6.17. The maximum Gasteiger partial charge on any atom is 0.139 e. The molecule has 2 rings (SSSR count). The molecule has 0 spiro atoms. The molecule has 0 bridgehead atoms. The van der Waals surface area contributed by atoms with E-state index < -0.39 is 11.6 Å². The third-order valence-corrected chi connectivity index (χ3v) is 2.85. The van der Waals surface area contributed by atoms with Gasteiger partial charge >= 0.3 is 0 Å². The predicted octanol–water partition coefficient (Wildman–Crippen LogP) is 3.48. The Balaban J connectivity index is 2.24. The van der Waals surface area contributed by atoms with Crippen molar-refractivity contribution in [2.24, 2.45) is 0 Å². The standard InChI is InChI=1S/C16H15F2N/c1-12(2)19-9-3-4-13(11-19)5-6-14-10-15(17)7-8-16(14)18/h3-4,7-8,10-12H,9H2,1-2H3. The van der Waals surface area contributed by atoms with Crippen molar-refractivity contribution >= 4 is 0 Å². The summed E-state index contributed by atoms with van der Waals surface area (Å²) in [5.74, 6) is 4.55. The van der Waals surface area contributed by atoms with Crippen LogP contribution in [0.15, 0.2) is 42.1 Å². The summed E-state index contributed by atoms with van der Waals surface area (Å²) >= 11 is 0. The van der Waals surface area contributed by atoms with Crippen LogP contribution in [0.1, 0.15) is 19.4 Å². The van der Waals surface area contributed by atoms with Gasteiger partial charge in [0.2, 0.25) is 0 Å². The molecular formula is C16H15F2N. The molecule has 3 heteroatoms. The van der Waals surface area contributed by atoms with E-state index in [1.54, 1.807) is 0 Å². The van der Waals surface area contributed by atoms with Gasteiger partial charge in [-0.2, -0.15) is 0 Å². The molecule has 0 saturated carbocycles. The minimum absolute atomic E-state index is 0.0796. The largest absolute Gasteiger partial charge is 0.370 e. The molecule has 1 heterocycles. The first-order chi connectivity index (χ1) is 9.06. The zero-order chi connectivity index (χ0) is 13.8. The van der Waals surface area contributed by atoms with Crippen molar-refractivity contribution in [3.8, 4) is 11.8 Å². The number of rotatable bonds is 1. The van der Waals surface area contributed by atoms with E-state index >= 15 is 0 Å². The summed E-state index contributed by atoms with van der Waals surface area (Å²) in [6.07, 6.45) is 5.84. The van der Waals surface area contributed by atoms with Crippen LogP contribution in [0.25, 0.3) is 0 Å². The van der Waals surface area contributed by atoms with Crippen LogP contribution >= 0.6 is 0 Å². The summed E-state index contributed by atoms with van der Waals surface area (Å²) in [6, 6.07) is 3.66. The molecule has 1 aromatic rings. The van der Waals surface area contributed by atoms with E-state index in [1.165, 1.54) is 0 Å². The maximum atomic E-state index is 13.4. The zero-order valence-corrected chi connectivity index (χ0v) is 11.0. The van der Waals surface area contributed by atoms with Crippen LogP contribution in [0.2, 0.25) is 0 Å². The fourth-order valence-electron chi connectivity index (χ4n) is 1.74. The quantitative estimate of drug-likeness (QED) is 0.698. The first kappa shape index (κ1) is 13.4. The summed E-state index contributed by atoms with van der Waals surface area (Å²) in [5, 5.41) is 0. The van der Waals surface area contributed by atoms with E-state index in [9.17, 15) is 8.78 Å². The zero-order valence-electron chi connectivity index (χ0n) is 11.0. The molecule has 0 saturated heterocycles. The SMILES string of the molecule is CC(C)N1C=C(C#Cc2cc(F)ccc2F)C=CC1. The Morgan fingerprint density at radius 2 is 2.00 bits per heavy atom. The smallest absolute Gasteiger partial charge is 0.139 e. The van der Waals surface area contributed by atoms with Gasteiger partial charge in [0.1, 0.15) is 11.6 Å². The second kappa shape index (κ2) is 5.71. The summed E-state index contributed by atoms with van der Waals surface area (Å²) in [4.78, 5) is 2.13. The van der Waals surface area contributed by atoms with Crippen molar-refractivity contribution in [2.75, 3.05) is 6.54 Å². The van der Waals surface area contributed by atoms with Gasteiger partial charge in [0, 0.05) is 24.4 Å². The molecule has 1 aliphatic heterocycles. The van der Waals surface area contributed by atoms with Gasteiger partial charge in [-0.05, 0) is 38.1 Å². The second-order valence-electron chi connectivity index (χ2n) is 4.65. The minimum atomic E-state index is -0.505. The van der Waals surface area contributed by atoms with E-state index in [-0.39, 0.29) is 5.56 Å². The molecule has 0 atom stereocenters. The molecule has 0 fully saturated rings. The Hall–Kier alpha value is -2.08. The van der Waals surface area contributed by atoms with Gasteiger partial charge in [-0.25, -0.2) is 8.78 Å². The van der Waals surface area contributed by atoms with Crippen LogP contribution in [-0.2, 0) is 0 Å². The molecule has 0 aliphatic carbocycles. The molecule has 1 nitrogen and oxygen atoms in total. The van der Waals surface area contributed by atoms with Gasteiger partial charge < -0.3 is 4.90 Å². The number of hydrogen-bond donors (Lipinski definition) is 0. The molecule has 0 aromatic heterocycles. The lowest BCUT2D eigenvalue weighted by Crippen LogP contribution is -2.27. The number of allylic oxidation sites excluding steroid dienone is 2. The predicted molar refractivity (Wildman–Crippen MR) is 72.3 cm³/mol. The van der Waals surface area contributed by atoms with Crippen molar-refractivity contribution in [2.45, 2.75) is 19.9 Å². The van der Waals surface area contributed by atoms with Crippen LogP contribution in [0, 0.1) is 23.5 Å². The van der Waals surface area contributed by atoms with E-state index in [4.69, 9.17) is 0 Å². The van der Waals surface area contributed by atoms with Gasteiger partial charge in [0.25, 0.3) is 0 Å². The Bertz CT molecular complexity index is 589. The molecule has 0 amide bonds. The highest BCUT2D eigenvalue weighted by atomic mass is 19.1. The number of halogens is 2. The number of nitrogens with zero attached hydrogens (tertiary/aromatic N) is 1. The maximum absolute atomic E-state index is 13.4. The van der Waals surface area contributed by atoms with Crippen LogP contribution in [0.4, 0.5) is 8.78 Å². The van der Waals surface area contributed by atoms with Gasteiger partial charge in [-0.1, -0.05) is 17.9 Å². The Kier molecular flexibility index (Phi) is 4.01. The van der Waals surface area contributed by atoms with Crippen molar-refractivity contribution in [3.63, 3.8) is 0 Å². The van der Waals surface area contributed by atoms with Gasteiger partial charge in [-0.15, -0.1) is 0 Å². The minimum Gasteiger partial charge on any atom is -0.370 e. The fraction of sp³-hybridized carbons (Fsp3) is 0.250. The Morgan fingerprint density at radius 1 is 1.21 bits per heavy atom. The Labute approximate surface area is 112 Å². The Morgan fingerprint density at radius 3 is 2.74 bits per heavy atom. The third-order valence-electron chi connectivity index (χ3n) is 2.85. The molecule has 0 unspecified atom stereocenters. The molecule has 1 aliphatic rings. The molecule has 1 aromatic carbocycles. The lowest BCUT2D eigenvalue weighted by atomic mass is 10.1. The molecule has 0 radical (unpaired) electrons. The van der Waals surface area contributed by atoms with Crippen LogP contribution in [0.5, 0.6) is 0 Å². The summed E-state index contributed by atoms with van der Waals surface area (Å²) in [5.41, 5.74) is 0.875. The normalized spacial score (nSPS) is 14.2. The van der Waals surface area contributed by atoms with E-state index in [1.807, 2.05) is 18.4 Å². The lowest BCUT2D eigenvalue weighted by Gasteiger charge is -2.25. The van der Waals surface area contributed by atoms with Gasteiger partial charge in [0.05, 0.1) is 5.56 Å². The molecule has 0 N–H and O–H groups in total. The number of hydrogen-bond acceptors (Lipinski definition) is 1. The van der Waals surface area contributed by atoms with E-state index in [0.717, 1.165) is 30.3 Å². The highest BCUT2D eigenvalue weighted by Gasteiger charge is 2.07. The van der Waals surface area contributed by atoms with Crippen molar-refractivity contribution in [1.29, 1.82) is 0 Å². The van der Waals surface area contributed by atoms with Crippen LogP contribution in [0.3, 0.4) is 0 Å². The van der Waals surface area contributed by atoms with Crippen molar-refractivity contribution in [1.82, 2.24) is 4.90 Å². The van der Waals surface area contributed by atoms with Crippen molar-refractivity contribution in [3.05, 3.63) is 59.3 Å². The fourth-order valence-corrected chi connectivity index (χ4v) is 1.74. The molecule has 19 heavy (non-hydrogen) atoms. The van der Waals surface area contributed by atoms with Crippen LogP contribution < -0.4 is 0 Å². The average molecular weight is 259 g/mol. The highest BCUT2D eigenvalue weighted by molar-refractivity contribution is 5.46.